The summed E-state index contributed by atoms with van der Waals surface area (Å²) in [5.41, 5.74) is -0.938. The normalized spacial score (nSPS) is 14.4. The van der Waals surface area contributed by atoms with Gasteiger partial charge in [-0.1, -0.05) is 13.3 Å². The van der Waals surface area contributed by atoms with Gasteiger partial charge in [0.1, 0.15) is 5.54 Å². The van der Waals surface area contributed by atoms with Crippen LogP contribution in [-0.4, -0.2) is 35.1 Å². The number of nitrogens with one attached hydrogen (secondary N) is 2. The molecule has 17 heavy (non-hydrogen) atoms. The van der Waals surface area contributed by atoms with E-state index >= 15 is 0 Å². The van der Waals surface area contributed by atoms with E-state index in [1.807, 2.05) is 20.8 Å². The van der Waals surface area contributed by atoms with Crippen LogP contribution in [0.4, 0.5) is 0 Å². The van der Waals surface area contributed by atoms with Crippen LogP contribution in [0.2, 0.25) is 0 Å². The predicted molar refractivity (Wildman–Crippen MR) is 66.8 cm³/mol. The summed E-state index contributed by atoms with van der Waals surface area (Å²) in [7, 11) is 0. The fraction of sp³-hybridized carbons (Fsp3) is 0.833. The Bertz CT molecular complexity index is 266. The topological polar surface area (TPSA) is 78.4 Å². The van der Waals surface area contributed by atoms with Crippen LogP contribution < -0.4 is 10.6 Å². The van der Waals surface area contributed by atoms with Gasteiger partial charge in [-0.3, -0.25) is 9.59 Å². The number of aliphatic carboxylic acids is 1. The summed E-state index contributed by atoms with van der Waals surface area (Å²) in [4.78, 5) is 22.5. The predicted octanol–water partition coefficient (Wildman–Crippen LogP) is 1.13. The Morgan fingerprint density at radius 3 is 2.35 bits per heavy atom. The highest BCUT2D eigenvalue weighted by Crippen LogP contribution is 2.12. The molecule has 100 valence electrons. The van der Waals surface area contributed by atoms with E-state index in [1.54, 1.807) is 6.92 Å². The van der Waals surface area contributed by atoms with Gasteiger partial charge >= 0.3 is 5.97 Å². The van der Waals surface area contributed by atoms with Crippen LogP contribution in [0.3, 0.4) is 0 Å². The highest BCUT2D eigenvalue weighted by atomic mass is 16.4. The Morgan fingerprint density at radius 1 is 1.35 bits per heavy atom. The maximum atomic E-state index is 11.4. The second kappa shape index (κ2) is 7.27. The number of amides is 1. The molecule has 0 fully saturated rings. The summed E-state index contributed by atoms with van der Waals surface area (Å²) in [5, 5.41) is 14.8. The molecule has 0 aliphatic carbocycles. The third-order valence-corrected chi connectivity index (χ3v) is 2.54. The molecule has 0 spiro atoms. The second-order valence-electron chi connectivity index (χ2n) is 4.79. The van der Waals surface area contributed by atoms with Crippen LogP contribution in [-0.2, 0) is 9.59 Å². The van der Waals surface area contributed by atoms with Gasteiger partial charge in [-0.25, -0.2) is 0 Å². The van der Waals surface area contributed by atoms with Crippen molar-refractivity contribution < 1.29 is 14.7 Å². The van der Waals surface area contributed by atoms with Gasteiger partial charge in [0.05, 0.1) is 0 Å². The monoisotopic (exact) mass is 244 g/mol. The first-order chi connectivity index (χ1) is 7.81. The SMILES string of the molecule is CCCC(C)(NCCC(=O)NC(C)C)C(=O)O. The molecule has 0 bridgehead atoms. The lowest BCUT2D eigenvalue weighted by Gasteiger charge is -2.25. The Morgan fingerprint density at radius 2 is 1.94 bits per heavy atom. The van der Waals surface area contributed by atoms with E-state index in [4.69, 9.17) is 5.11 Å². The summed E-state index contributed by atoms with van der Waals surface area (Å²) >= 11 is 0. The summed E-state index contributed by atoms with van der Waals surface area (Å²) < 4.78 is 0. The van der Waals surface area contributed by atoms with Gasteiger partial charge in [0.15, 0.2) is 0 Å². The Labute approximate surface area is 103 Å². The Hall–Kier alpha value is -1.10. The maximum Gasteiger partial charge on any atom is 0.323 e. The van der Waals surface area contributed by atoms with Crippen molar-refractivity contribution in [3.8, 4) is 0 Å². The first kappa shape index (κ1) is 15.9. The molecule has 5 heteroatoms. The lowest BCUT2D eigenvalue weighted by Crippen LogP contribution is -2.50. The zero-order chi connectivity index (χ0) is 13.5. The molecular weight excluding hydrogens is 220 g/mol. The van der Waals surface area contributed by atoms with E-state index in [0.29, 0.717) is 19.4 Å². The molecule has 0 rings (SSSR count). The molecule has 0 aromatic rings. The standard InChI is InChI=1S/C12H24N2O3/c1-5-7-12(4,11(16)17)13-8-6-10(15)14-9(2)3/h9,13H,5-8H2,1-4H3,(H,14,15)(H,16,17). The molecule has 0 aromatic heterocycles. The zero-order valence-electron chi connectivity index (χ0n) is 11.2. The fourth-order valence-corrected chi connectivity index (χ4v) is 1.62. The number of carboxylic acid groups (broad SMARTS) is 1. The van der Waals surface area contributed by atoms with Gasteiger partial charge in [0.2, 0.25) is 5.91 Å². The van der Waals surface area contributed by atoms with Crippen LogP contribution in [0.5, 0.6) is 0 Å². The summed E-state index contributed by atoms with van der Waals surface area (Å²) in [6.45, 7) is 7.75. The highest BCUT2D eigenvalue weighted by Gasteiger charge is 2.31. The van der Waals surface area contributed by atoms with Crippen molar-refractivity contribution in [2.45, 2.75) is 58.5 Å². The largest absolute Gasteiger partial charge is 0.480 e. The Kier molecular flexibility index (Phi) is 6.80. The van der Waals surface area contributed by atoms with Crippen LogP contribution in [0, 0.1) is 0 Å². The number of carboxylic acids is 1. The quantitative estimate of drug-likeness (QED) is 0.598. The highest BCUT2D eigenvalue weighted by molar-refractivity contribution is 5.79. The average Bonchev–Trinajstić information content (AvgIpc) is 2.16. The van der Waals surface area contributed by atoms with E-state index in [1.165, 1.54) is 0 Å². The molecule has 0 radical (unpaired) electrons. The van der Waals surface area contributed by atoms with Crippen LogP contribution >= 0.6 is 0 Å². The molecule has 1 amide bonds. The summed E-state index contributed by atoms with van der Waals surface area (Å²) in [5.74, 6) is -0.930. The maximum absolute atomic E-state index is 11.4. The lowest BCUT2D eigenvalue weighted by molar-refractivity contribution is -0.144. The summed E-state index contributed by atoms with van der Waals surface area (Å²) in [6.07, 6.45) is 1.63. The smallest absolute Gasteiger partial charge is 0.323 e. The zero-order valence-corrected chi connectivity index (χ0v) is 11.2. The molecular formula is C12H24N2O3. The number of hydrogen-bond acceptors (Lipinski definition) is 3. The minimum atomic E-state index is -0.938. The third kappa shape index (κ3) is 6.26. The molecule has 0 saturated carbocycles. The number of hydrogen-bond donors (Lipinski definition) is 3. The van der Waals surface area contributed by atoms with Crippen molar-refractivity contribution in [1.29, 1.82) is 0 Å². The molecule has 5 nitrogen and oxygen atoms in total. The van der Waals surface area contributed by atoms with E-state index in [9.17, 15) is 9.59 Å². The number of carbonyl (C=O) groups excluding carboxylic acids is 1. The minimum Gasteiger partial charge on any atom is -0.480 e. The number of carbonyl (C=O) groups is 2. The van der Waals surface area contributed by atoms with Gasteiger partial charge in [-0.05, 0) is 27.2 Å². The lowest BCUT2D eigenvalue weighted by atomic mass is 9.96. The van der Waals surface area contributed by atoms with Gasteiger partial charge in [-0.2, -0.15) is 0 Å². The minimum absolute atomic E-state index is 0.0586. The van der Waals surface area contributed by atoms with Crippen LogP contribution in [0.1, 0.15) is 47.0 Å². The first-order valence-corrected chi connectivity index (χ1v) is 6.09. The van der Waals surface area contributed by atoms with Crippen molar-refractivity contribution in [2.75, 3.05) is 6.54 Å². The van der Waals surface area contributed by atoms with Crippen molar-refractivity contribution in [2.24, 2.45) is 0 Å². The molecule has 3 N–H and O–H groups in total. The molecule has 0 aliphatic heterocycles. The van der Waals surface area contributed by atoms with E-state index in [0.717, 1.165) is 6.42 Å². The molecule has 0 saturated heterocycles. The summed E-state index contributed by atoms with van der Waals surface area (Å²) in [6, 6.07) is 0.115. The Balaban J connectivity index is 4.07. The molecule has 0 aromatic carbocycles. The molecule has 0 heterocycles. The molecule has 0 aliphatic rings. The molecule has 1 unspecified atom stereocenters. The van der Waals surface area contributed by atoms with Gasteiger partial charge in [-0.15, -0.1) is 0 Å². The van der Waals surface area contributed by atoms with Crippen LogP contribution in [0.25, 0.3) is 0 Å². The second-order valence-corrected chi connectivity index (χ2v) is 4.79. The van der Waals surface area contributed by atoms with Gasteiger partial charge in [0.25, 0.3) is 0 Å². The first-order valence-electron chi connectivity index (χ1n) is 6.09. The van der Waals surface area contributed by atoms with Crippen molar-refractivity contribution in [3.63, 3.8) is 0 Å². The van der Waals surface area contributed by atoms with Gasteiger partial charge in [0, 0.05) is 19.0 Å². The third-order valence-electron chi connectivity index (χ3n) is 2.54. The van der Waals surface area contributed by atoms with E-state index in [2.05, 4.69) is 10.6 Å². The van der Waals surface area contributed by atoms with E-state index in [-0.39, 0.29) is 11.9 Å². The number of rotatable bonds is 8. The molecule has 1 atom stereocenters. The average molecular weight is 244 g/mol. The van der Waals surface area contributed by atoms with Gasteiger partial charge < -0.3 is 15.7 Å². The van der Waals surface area contributed by atoms with Crippen molar-refractivity contribution in [1.82, 2.24) is 10.6 Å². The van der Waals surface area contributed by atoms with E-state index < -0.39 is 11.5 Å². The fourth-order valence-electron chi connectivity index (χ4n) is 1.62. The van der Waals surface area contributed by atoms with Crippen LogP contribution in [0.15, 0.2) is 0 Å². The van der Waals surface area contributed by atoms with Crippen molar-refractivity contribution >= 4 is 11.9 Å². The van der Waals surface area contributed by atoms with Crippen molar-refractivity contribution in [3.05, 3.63) is 0 Å².